The van der Waals surface area contributed by atoms with E-state index in [9.17, 15) is 4.39 Å². The Morgan fingerprint density at radius 2 is 1.77 bits per heavy atom. The SMILES string of the molecule is COc1cccc2c1ncn2C1=NC(C)(C)C(C)(C)c2c(F)cccc21. The molecule has 2 heterocycles. The highest BCUT2D eigenvalue weighted by Crippen LogP contribution is 2.44. The van der Waals surface area contributed by atoms with Gasteiger partial charge in [0.05, 0.1) is 18.2 Å². The van der Waals surface area contributed by atoms with E-state index in [1.54, 1.807) is 19.5 Å². The van der Waals surface area contributed by atoms with Crippen molar-refractivity contribution in [2.75, 3.05) is 7.11 Å². The Labute approximate surface area is 152 Å². The lowest BCUT2D eigenvalue weighted by molar-refractivity contribution is 0.292. The Morgan fingerprint density at radius 1 is 1.04 bits per heavy atom. The van der Waals surface area contributed by atoms with Gasteiger partial charge >= 0.3 is 0 Å². The summed E-state index contributed by atoms with van der Waals surface area (Å²) in [4.78, 5) is 9.54. The third-order valence-corrected chi connectivity index (χ3v) is 5.78. The molecule has 3 aromatic rings. The number of hydrogen-bond donors (Lipinski definition) is 0. The van der Waals surface area contributed by atoms with Crippen molar-refractivity contribution in [1.29, 1.82) is 0 Å². The molecule has 1 aliphatic rings. The minimum absolute atomic E-state index is 0.199. The van der Waals surface area contributed by atoms with Gasteiger partial charge < -0.3 is 4.74 Å². The fourth-order valence-electron chi connectivity index (χ4n) is 3.65. The average molecular weight is 351 g/mol. The summed E-state index contributed by atoms with van der Waals surface area (Å²) >= 11 is 0. The van der Waals surface area contributed by atoms with Crippen LogP contribution in [0.15, 0.2) is 47.7 Å². The summed E-state index contributed by atoms with van der Waals surface area (Å²) in [5.41, 5.74) is 2.22. The average Bonchev–Trinajstić information content (AvgIpc) is 3.02. The molecular formula is C21H22FN3O. The van der Waals surface area contributed by atoms with Crippen LogP contribution in [0.5, 0.6) is 5.75 Å². The molecule has 0 aliphatic carbocycles. The molecule has 0 amide bonds. The Hall–Kier alpha value is -2.69. The van der Waals surface area contributed by atoms with Gasteiger partial charge in [0, 0.05) is 16.5 Å². The molecule has 0 radical (unpaired) electrons. The van der Waals surface area contributed by atoms with Crippen molar-refractivity contribution < 1.29 is 9.13 Å². The Kier molecular flexibility index (Phi) is 3.48. The van der Waals surface area contributed by atoms with Gasteiger partial charge in [-0.2, -0.15) is 0 Å². The lowest BCUT2D eigenvalue weighted by atomic mass is 9.66. The highest BCUT2D eigenvalue weighted by Gasteiger charge is 2.45. The molecule has 0 atom stereocenters. The van der Waals surface area contributed by atoms with Gasteiger partial charge in [0.15, 0.2) is 0 Å². The highest BCUT2D eigenvalue weighted by molar-refractivity contribution is 6.07. The van der Waals surface area contributed by atoms with Crippen molar-refractivity contribution in [1.82, 2.24) is 9.55 Å². The molecule has 5 heteroatoms. The number of hydrogen-bond acceptors (Lipinski definition) is 3. The number of aromatic nitrogens is 2. The van der Waals surface area contributed by atoms with Crippen LogP contribution in [0.3, 0.4) is 0 Å². The maximum absolute atomic E-state index is 14.9. The molecule has 0 unspecified atom stereocenters. The van der Waals surface area contributed by atoms with E-state index >= 15 is 0 Å². The van der Waals surface area contributed by atoms with E-state index in [0.29, 0.717) is 17.1 Å². The number of benzene rings is 2. The van der Waals surface area contributed by atoms with Crippen LogP contribution < -0.4 is 4.74 Å². The van der Waals surface area contributed by atoms with Crippen molar-refractivity contribution >= 4 is 16.9 Å². The first-order chi connectivity index (χ1) is 12.3. The first-order valence-corrected chi connectivity index (χ1v) is 8.67. The number of imidazole rings is 1. The minimum Gasteiger partial charge on any atom is -0.494 e. The molecule has 1 aliphatic heterocycles. The van der Waals surface area contributed by atoms with Crippen LogP contribution in [0.25, 0.3) is 11.0 Å². The molecule has 0 fully saturated rings. The molecule has 134 valence electrons. The number of methoxy groups -OCH3 is 1. The van der Waals surface area contributed by atoms with E-state index in [1.807, 2.05) is 56.5 Å². The largest absolute Gasteiger partial charge is 0.494 e. The monoisotopic (exact) mass is 351 g/mol. The van der Waals surface area contributed by atoms with Crippen LogP contribution >= 0.6 is 0 Å². The molecule has 2 aromatic carbocycles. The molecule has 0 saturated heterocycles. The molecular weight excluding hydrogens is 329 g/mol. The zero-order chi connectivity index (χ0) is 18.7. The van der Waals surface area contributed by atoms with E-state index in [4.69, 9.17) is 9.73 Å². The predicted molar refractivity (Wildman–Crippen MR) is 102 cm³/mol. The van der Waals surface area contributed by atoms with Crippen LogP contribution in [-0.4, -0.2) is 28.0 Å². The minimum atomic E-state index is -0.479. The fourth-order valence-corrected chi connectivity index (χ4v) is 3.65. The van der Waals surface area contributed by atoms with Crippen LogP contribution in [0, 0.1) is 5.82 Å². The van der Waals surface area contributed by atoms with Crippen molar-refractivity contribution in [3.8, 4) is 5.75 Å². The number of para-hydroxylation sites is 1. The first kappa shape index (κ1) is 16.8. The van der Waals surface area contributed by atoms with Gasteiger partial charge in [0.25, 0.3) is 0 Å². The summed E-state index contributed by atoms with van der Waals surface area (Å²) in [6, 6.07) is 11.0. The van der Waals surface area contributed by atoms with Gasteiger partial charge in [-0.3, -0.25) is 9.56 Å². The van der Waals surface area contributed by atoms with Crippen LogP contribution in [0.1, 0.15) is 38.8 Å². The first-order valence-electron chi connectivity index (χ1n) is 8.67. The lowest BCUT2D eigenvalue weighted by Crippen LogP contribution is -2.47. The number of fused-ring (bicyclic) bond motifs is 2. The Balaban J connectivity index is 2.05. The summed E-state index contributed by atoms with van der Waals surface area (Å²) in [6.07, 6.45) is 1.73. The Morgan fingerprint density at radius 3 is 2.50 bits per heavy atom. The lowest BCUT2D eigenvalue weighted by Gasteiger charge is -2.44. The van der Waals surface area contributed by atoms with E-state index in [2.05, 4.69) is 4.98 Å². The van der Waals surface area contributed by atoms with E-state index < -0.39 is 11.0 Å². The maximum atomic E-state index is 14.9. The van der Waals surface area contributed by atoms with Gasteiger partial charge in [-0.05, 0) is 32.0 Å². The van der Waals surface area contributed by atoms with Crippen molar-refractivity contribution in [3.63, 3.8) is 0 Å². The highest BCUT2D eigenvalue weighted by atomic mass is 19.1. The second-order valence-corrected chi connectivity index (χ2v) is 7.72. The molecule has 0 saturated carbocycles. The molecule has 4 nitrogen and oxygen atoms in total. The third kappa shape index (κ3) is 2.13. The summed E-state index contributed by atoms with van der Waals surface area (Å²) in [5.74, 6) is 1.21. The topological polar surface area (TPSA) is 39.4 Å². The van der Waals surface area contributed by atoms with Crippen LogP contribution in [0.2, 0.25) is 0 Å². The molecule has 1 aromatic heterocycles. The second-order valence-electron chi connectivity index (χ2n) is 7.72. The molecule has 4 rings (SSSR count). The summed E-state index contributed by atoms with van der Waals surface area (Å²) in [6.45, 7) is 8.18. The van der Waals surface area contributed by atoms with Gasteiger partial charge in [0.2, 0.25) is 0 Å². The standard InChI is InChI=1S/C21H22FN3O/c1-20(2)17-13(8-6-9-14(17)22)19(24-21(20,3)4)25-12-23-18-15(25)10-7-11-16(18)26-5/h6-12H,1-5H3. The number of rotatable bonds is 1. The molecule has 0 N–H and O–H groups in total. The van der Waals surface area contributed by atoms with Crippen molar-refractivity contribution in [2.24, 2.45) is 4.99 Å². The van der Waals surface area contributed by atoms with Crippen molar-refractivity contribution in [3.05, 3.63) is 59.7 Å². The van der Waals surface area contributed by atoms with Crippen LogP contribution in [-0.2, 0) is 5.41 Å². The summed E-state index contributed by atoms with van der Waals surface area (Å²) in [7, 11) is 1.63. The van der Waals surface area contributed by atoms with Gasteiger partial charge in [-0.15, -0.1) is 0 Å². The smallest absolute Gasteiger partial charge is 0.146 e. The van der Waals surface area contributed by atoms with E-state index in [1.165, 1.54) is 6.07 Å². The molecule has 0 bridgehead atoms. The van der Waals surface area contributed by atoms with Crippen LogP contribution in [0.4, 0.5) is 4.39 Å². The number of halogens is 1. The van der Waals surface area contributed by atoms with E-state index in [-0.39, 0.29) is 5.82 Å². The number of ether oxygens (including phenoxy) is 1. The van der Waals surface area contributed by atoms with Gasteiger partial charge in [-0.1, -0.05) is 32.0 Å². The third-order valence-electron chi connectivity index (χ3n) is 5.78. The van der Waals surface area contributed by atoms with E-state index in [0.717, 1.165) is 16.6 Å². The summed E-state index contributed by atoms with van der Waals surface area (Å²) < 4.78 is 22.2. The zero-order valence-corrected chi connectivity index (χ0v) is 15.7. The Bertz CT molecular complexity index is 1050. The molecule has 0 spiro atoms. The van der Waals surface area contributed by atoms with Gasteiger partial charge in [0.1, 0.15) is 29.2 Å². The number of nitrogens with zero attached hydrogens (tertiary/aromatic N) is 3. The number of aliphatic imine (C=N–C) groups is 1. The maximum Gasteiger partial charge on any atom is 0.146 e. The quantitative estimate of drug-likeness (QED) is 0.645. The zero-order valence-electron chi connectivity index (χ0n) is 15.7. The van der Waals surface area contributed by atoms with Gasteiger partial charge in [-0.25, -0.2) is 9.37 Å². The summed E-state index contributed by atoms with van der Waals surface area (Å²) in [5, 5.41) is 0. The fraction of sp³-hybridized carbons (Fsp3) is 0.333. The van der Waals surface area contributed by atoms with Crippen molar-refractivity contribution in [2.45, 2.75) is 38.6 Å². The molecule has 26 heavy (non-hydrogen) atoms. The second kappa shape index (κ2) is 5.40. The normalized spacial score (nSPS) is 17.7. The predicted octanol–water partition coefficient (Wildman–Crippen LogP) is 4.55.